The Labute approximate surface area is 107 Å². The van der Waals surface area contributed by atoms with Crippen LogP contribution in [0.3, 0.4) is 0 Å². The Morgan fingerprint density at radius 3 is 3.11 bits per heavy atom. The van der Waals surface area contributed by atoms with Gasteiger partial charge in [-0.05, 0) is 26.3 Å². The van der Waals surface area contributed by atoms with Crippen LogP contribution in [0.5, 0.6) is 0 Å². The topological polar surface area (TPSA) is 71.8 Å². The van der Waals surface area contributed by atoms with Crippen LogP contribution in [0.1, 0.15) is 44.5 Å². The maximum Gasteiger partial charge on any atom is 0.222 e. The SMILES string of the molecule is CC(NC(=O)CC1CCCCN1)c1nncn1C. The van der Waals surface area contributed by atoms with Gasteiger partial charge in [0.15, 0.2) is 5.82 Å². The van der Waals surface area contributed by atoms with Crippen LogP contribution in [-0.2, 0) is 11.8 Å². The van der Waals surface area contributed by atoms with Crippen molar-refractivity contribution in [1.29, 1.82) is 0 Å². The van der Waals surface area contributed by atoms with E-state index in [0.717, 1.165) is 18.8 Å². The minimum atomic E-state index is -0.103. The van der Waals surface area contributed by atoms with Gasteiger partial charge in [-0.15, -0.1) is 10.2 Å². The summed E-state index contributed by atoms with van der Waals surface area (Å²) >= 11 is 0. The lowest BCUT2D eigenvalue weighted by atomic mass is 10.0. The molecule has 0 spiro atoms. The summed E-state index contributed by atoms with van der Waals surface area (Å²) in [4.78, 5) is 11.9. The zero-order valence-electron chi connectivity index (χ0n) is 11.0. The van der Waals surface area contributed by atoms with Gasteiger partial charge in [0.2, 0.25) is 5.91 Å². The highest BCUT2D eigenvalue weighted by molar-refractivity contribution is 5.76. The minimum Gasteiger partial charge on any atom is -0.346 e. The van der Waals surface area contributed by atoms with E-state index in [9.17, 15) is 4.79 Å². The molecule has 6 heteroatoms. The van der Waals surface area contributed by atoms with E-state index in [0.29, 0.717) is 12.5 Å². The highest BCUT2D eigenvalue weighted by atomic mass is 16.1. The predicted octanol–water partition coefficient (Wildman–Crippen LogP) is 0.525. The molecule has 18 heavy (non-hydrogen) atoms. The van der Waals surface area contributed by atoms with Crippen molar-refractivity contribution in [3.63, 3.8) is 0 Å². The molecule has 0 aliphatic carbocycles. The number of nitrogens with zero attached hydrogens (tertiary/aromatic N) is 3. The average molecular weight is 251 g/mol. The largest absolute Gasteiger partial charge is 0.346 e. The van der Waals surface area contributed by atoms with Crippen molar-refractivity contribution in [1.82, 2.24) is 25.4 Å². The van der Waals surface area contributed by atoms with Gasteiger partial charge < -0.3 is 15.2 Å². The first-order chi connectivity index (χ1) is 8.66. The van der Waals surface area contributed by atoms with E-state index in [1.807, 2.05) is 18.5 Å². The first-order valence-corrected chi connectivity index (χ1v) is 6.53. The molecule has 2 N–H and O–H groups in total. The summed E-state index contributed by atoms with van der Waals surface area (Å²) < 4.78 is 1.82. The third-order valence-electron chi connectivity index (χ3n) is 3.36. The number of piperidine rings is 1. The summed E-state index contributed by atoms with van der Waals surface area (Å²) in [5.41, 5.74) is 0. The summed E-state index contributed by atoms with van der Waals surface area (Å²) in [6, 6.07) is 0.221. The molecule has 6 nitrogen and oxygen atoms in total. The Morgan fingerprint density at radius 1 is 1.67 bits per heavy atom. The summed E-state index contributed by atoms with van der Waals surface area (Å²) in [5, 5.41) is 14.2. The van der Waals surface area contributed by atoms with Gasteiger partial charge in [0, 0.05) is 19.5 Å². The summed E-state index contributed by atoms with van der Waals surface area (Å²) in [7, 11) is 1.88. The van der Waals surface area contributed by atoms with Crippen molar-refractivity contribution < 1.29 is 4.79 Å². The summed E-state index contributed by atoms with van der Waals surface area (Å²) in [6.45, 7) is 2.95. The maximum atomic E-state index is 11.9. The van der Waals surface area contributed by atoms with Gasteiger partial charge in [-0.1, -0.05) is 6.42 Å². The van der Waals surface area contributed by atoms with Crippen molar-refractivity contribution in [2.75, 3.05) is 6.54 Å². The van der Waals surface area contributed by atoms with Crippen LogP contribution in [0.25, 0.3) is 0 Å². The standard InChI is InChI=1S/C12H21N5O/c1-9(12-16-14-8-17(12)2)15-11(18)7-10-5-3-4-6-13-10/h8-10,13H,3-7H2,1-2H3,(H,15,18). The van der Waals surface area contributed by atoms with Crippen LogP contribution in [0, 0.1) is 0 Å². The fourth-order valence-electron chi connectivity index (χ4n) is 2.37. The van der Waals surface area contributed by atoms with E-state index in [1.54, 1.807) is 6.33 Å². The number of hydrogen-bond acceptors (Lipinski definition) is 4. The molecule has 1 fully saturated rings. The number of amides is 1. The quantitative estimate of drug-likeness (QED) is 0.818. The predicted molar refractivity (Wildman–Crippen MR) is 67.8 cm³/mol. The van der Waals surface area contributed by atoms with E-state index in [-0.39, 0.29) is 11.9 Å². The second kappa shape index (κ2) is 5.95. The van der Waals surface area contributed by atoms with E-state index >= 15 is 0 Å². The van der Waals surface area contributed by atoms with Gasteiger partial charge in [-0.2, -0.15) is 0 Å². The first kappa shape index (κ1) is 13.0. The van der Waals surface area contributed by atoms with E-state index in [1.165, 1.54) is 12.8 Å². The lowest BCUT2D eigenvalue weighted by Gasteiger charge is -2.23. The van der Waals surface area contributed by atoms with Gasteiger partial charge in [0.05, 0.1) is 6.04 Å². The lowest BCUT2D eigenvalue weighted by Crippen LogP contribution is -2.39. The molecule has 1 aliphatic heterocycles. The molecule has 1 saturated heterocycles. The van der Waals surface area contributed by atoms with Gasteiger partial charge in [-0.25, -0.2) is 0 Å². The molecule has 1 aromatic rings. The van der Waals surface area contributed by atoms with Crippen LogP contribution >= 0.6 is 0 Å². The third-order valence-corrected chi connectivity index (χ3v) is 3.36. The van der Waals surface area contributed by atoms with Gasteiger partial charge in [-0.3, -0.25) is 4.79 Å². The number of hydrogen-bond donors (Lipinski definition) is 2. The smallest absolute Gasteiger partial charge is 0.222 e. The number of carbonyl (C=O) groups excluding carboxylic acids is 1. The molecular weight excluding hydrogens is 230 g/mol. The van der Waals surface area contributed by atoms with E-state index < -0.39 is 0 Å². The number of rotatable bonds is 4. The van der Waals surface area contributed by atoms with Crippen LogP contribution in [0.15, 0.2) is 6.33 Å². The van der Waals surface area contributed by atoms with E-state index in [2.05, 4.69) is 20.8 Å². The average Bonchev–Trinajstić information content (AvgIpc) is 2.76. The van der Waals surface area contributed by atoms with Crippen LogP contribution in [-0.4, -0.2) is 33.3 Å². The Hall–Kier alpha value is -1.43. The van der Waals surface area contributed by atoms with Crippen LogP contribution in [0.2, 0.25) is 0 Å². The molecule has 1 amide bonds. The molecule has 0 saturated carbocycles. The molecule has 0 aromatic carbocycles. The summed E-state index contributed by atoms with van der Waals surface area (Å²) in [6.07, 6.45) is 5.70. The number of nitrogens with one attached hydrogen (secondary N) is 2. The second-order valence-electron chi connectivity index (χ2n) is 4.94. The van der Waals surface area contributed by atoms with Crippen molar-refractivity contribution in [3.8, 4) is 0 Å². The molecule has 2 heterocycles. The Morgan fingerprint density at radius 2 is 2.50 bits per heavy atom. The third kappa shape index (κ3) is 3.29. The zero-order valence-corrected chi connectivity index (χ0v) is 11.0. The zero-order chi connectivity index (χ0) is 13.0. The molecule has 2 unspecified atom stereocenters. The first-order valence-electron chi connectivity index (χ1n) is 6.53. The van der Waals surface area contributed by atoms with Gasteiger partial charge >= 0.3 is 0 Å². The Kier molecular flexibility index (Phi) is 4.30. The second-order valence-corrected chi connectivity index (χ2v) is 4.94. The van der Waals surface area contributed by atoms with Crippen LogP contribution in [0.4, 0.5) is 0 Å². The maximum absolute atomic E-state index is 11.9. The normalized spacial score (nSPS) is 21.6. The fourth-order valence-corrected chi connectivity index (χ4v) is 2.37. The van der Waals surface area contributed by atoms with Gasteiger partial charge in [0.25, 0.3) is 0 Å². The fraction of sp³-hybridized carbons (Fsp3) is 0.750. The van der Waals surface area contributed by atoms with Crippen molar-refractivity contribution >= 4 is 5.91 Å². The molecule has 1 aliphatic rings. The molecular formula is C12H21N5O. The molecule has 2 rings (SSSR count). The molecule has 0 bridgehead atoms. The van der Waals surface area contributed by atoms with Crippen molar-refractivity contribution in [3.05, 3.63) is 12.2 Å². The van der Waals surface area contributed by atoms with Crippen molar-refractivity contribution in [2.24, 2.45) is 7.05 Å². The molecule has 2 atom stereocenters. The number of carbonyl (C=O) groups is 1. The van der Waals surface area contributed by atoms with Crippen molar-refractivity contribution in [2.45, 2.75) is 44.7 Å². The number of aryl methyl sites for hydroxylation is 1. The Bertz CT molecular complexity index is 397. The van der Waals surface area contributed by atoms with E-state index in [4.69, 9.17) is 0 Å². The highest BCUT2D eigenvalue weighted by Gasteiger charge is 2.19. The van der Waals surface area contributed by atoms with Crippen LogP contribution < -0.4 is 10.6 Å². The number of aromatic nitrogens is 3. The summed E-state index contributed by atoms with van der Waals surface area (Å²) in [5.74, 6) is 0.852. The molecule has 100 valence electrons. The minimum absolute atomic E-state index is 0.0740. The monoisotopic (exact) mass is 251 g/mol. The molecule has 1 aromatic heterocycles. The highest BCUT2D eigenvalue weighted by Crippen LogP contribution is 2.12. The van der Waals surface area contributed by atoms with Gasteiger partial charge in [0.1, 0.15) is 6.33 Å². The molecule has 0 radical (unpaired) electrons. The Balaban J connectivity index is 1.81. The lowest BCUT2D eigenvalue weighted by molar-refractivity contribution is -0.122.